The van der Waals surface area contributed by atoms with Gasteiger partial charge in [0.2, 0.25) is 0 Å². The molecule has 214 valence electrons. The highest BCUT2D eigenvalue weighted by atomic mass is 32.2. The monoisotopic (exact) mass is 584 g/mol. The van der Waals surface area contributed by atoms with Gasteiger partial charge in [-0.05, 0) is 80.3 Å². The average Bonchev–Trinajstić information content (AvgIpc) is 3.59. The fourth-order valence-electron chi connectivity index (χ4n) is 5.00. The first-order valence-corrected chi connectivity index (χ1v) is 15.3. The Bertz CT molecular complexity index is 2020. The second kappa shape index (κ2) is 11.0. The Morgan fingerprint density at radius 2 is 1.88 bits per heavy atom. The van der Waals surface area contributed by atoms with Crippen molar-refractivity contribution in [1.29, 1.82) is 0 Å². The van der Waals surface area contributed by atoms with E-state index in [-0.39, 0.29) is 11.6 Å². The maximum absolute atomic E-state index is 13.6. The van der Waals surface area contributed by atoms with E-state index in [1.54, 1.807) is 12.3 Å². The van der Waals surface area contributed by atoms with Crippen LogP contribution in [-0.4, -0.2) is 59.2 Å². The maximum atomic E-state index is 13.6. The molecule has 0 bridgehead atoms. The van der Waals surface area contributed by atoms with Crippen LogP contribution in [0, 0.1) is 5.82 Å². The molecule has 0 amide bonds. The Morgan fingerprint density at radius 1 is 1.02 bits per heavy atom. The standard InChI is InChI=1S/C31H29FN6O3S/c1-37(2)28(18-42(3,39)40)30-12-11-29(41-30)21-7-9-26-25(15-21)31(34-19-33-26)36-24-8-10-27-22(14-24)16-35-38(27)17-20-5-4-6-23(32)13-20/h4-16,19,28H,17-18H2,1-3H3,(H,33,34,36)/t28-/m1/s1. The minimum Gasteiger partial charge on any atom is -0.459 e. The largest absolute Gasteiger partial charge is 0.459 e. The quantitative estimate of drug-likeness (QED) is 0.227. The van der Waals surface area contributed by atoms with Gasteiger partial charge in [0.25, 0.3) is 0 Å². The van der Waals surface area contributed by atoms with Crippen molar-refractivity contribution in [2.24, 2.45) is 0 Å². The number of hydrogen-bond donors (Lipinski definition) is 1. The number of anilines is 2. The zero-order valence-electron chi connectivity index (χ0n) is 23.3. The molecule has 0 radical (unpaired) electrons. The number of halogens is 1. The van der Waals surface area contributed by atoms with E-state index in [4.69, 9.17) is 4.42 Å². The van der Waals surface area contributed by atoms with Crippen molar-refractivity contribution < 1.29 is 17.2 Å². The van der Waals surface area contributed by atoms with E-state index < -0.39 is 15.9 Å². The van der Waals surface area contributed by atoms with Gasteiger partial charge in [-0.1, -0.05) is 12.1 Å². The van der Waals surface area contributed by atoms with Crippen LogP contribution in [0.5, 0.6) is 0 Å². The summed E-state index contributed by atoms with van der Waals surface area (Å²) in [6.45, 7) is 0.464. The third-order valence-corrected chi connectivity index (χ3v) is 8.01. The lowest BCUT2D eigenvalue weighted by Crippen LogP contribution is -2.26. The van der Waals surface area contributed by atoms with Gasteiger partial charge in [0.15, 0.2) is 0 Å². The predicted molar refractivity (Wildman–Crippen MR) is 162 cm³/mol. The highest BCUT2D eigenvalue weighted by molar-refractivity contribution is 7.90. The number of nitrogens with zero attached hydrogens (tertiary/aromatic N) is 5. The predicted octanol–water partition coefficient (Wildman–Crippen LogP) is 5.82. The van der Waals surface area contributed by atoms with E-state index in [1.807, 2.05) is 78.3 Å². The van der Waals surface area contributed by atoms with Gasteiger partial charge in [-0.15, -0.1) is 0 Å². The summed E-state index contributed by atoms with van der Waals surface area (Å²) in [5.41, 5.74) is 4.17. The van der Waals surface area contributed by atoms with Crippen molar-refractivity contribution in [2.45, 2.75) is 12.6 Å². The first-order valence-electron chi connectivity index (χ1n) is 13.3. The topological polar surface area (TPSA) is 106 Å². The van der Waals surface area contributed by atoms with Gasteiger partial charge in [-0.25, -0.2) is 22.8 Å². The van der Waals surface area contributed by atoms with Crippen LogP contribution in [0.15, 0.2) is 89.7 Å². The summed E-state index contributed by atoms with van der Waals surface area (Å²) in [5, 5.41) is 9.64. The number of sulfone groups is 1. The molecule has 0 saturated heterocycles. The molecule has 3 aromatic carbocycles. The Balaban J connectivity index is 1.28. The van der Waals surface area contributed by atoms with Crippen molar-refractivity contribution in [1.82, 2.24) is 24.6 Å². The molecule has 0 saturated carbocycles. The molecule has 6 rings (SSSR count). The van der Waals surface area contributed by atoms with Crippen LogP contribution in [0.4, 0.5) is 15.9 Å². The SMILES string of the molecule is CN(C)[C@H](CS(C)(=O)=O)c1ccc(-c2ccc3ncnc(Nc4ccc5c(cnn5Cc5cccc(F)c5)c4)c3c2)o1. The lowest BCUT2D eigenvalue weighted by atomic mass is 10.1. The summed E-state index contributed by atoms with van der Waals surface area (Å²) in [5.74, 6) is 1.51. The zero-order valence-corrected chi connectivity index (χ0v) is 24.1. The number of furan rings is 1. The summed E-state index contributed by atoms with van der Waals surface area (Å²) in [4.78, 5) is 10.8. The number of nitrogens with one attached hydrogen (secondary N) is 1. The van der Waals surface area contributed by atoms with Crippen molar-refractivity contribution in [3.05, 3.63) is 102 Å². The third kappa shape index (κ3) is 5.88. The van der Waals surface area contributed by atoms with E-state index in [1.165, 1.54) is 24.7 Å². The zero-order chi connectivity index (χ0) is 29.4. The molecule has 42 heavy (non-hydrogen) atoms. The number of benzene rings is 3. The van der Waals surface area contributed by atoms with Crippen LogP contribution in [0.25, 0.3) is 33.1 Å². The number of hydrogen-bond acceptors (Lipinski definition) is 8. The fourth-order valence-corrected chi connectivity index (χ4v) is 6.04. The Labute approximate surface area is 242 Å². The molecule has 1 N–H and O–H groups in total. The van der Waals surface area contributed by atoms with Crippen molar-refractivity contribution in [2.75, 3.05) is 31.4 Å². The molecule has 3 heterocycles. The minimum absolute atomic E-state index is 0.0410. The highest BCUT2D eigenvalue weighted by Gasteiger charge is 2.23. The normalized spacial score (nSPS) is 12.8. The molecule has 6 aromatic rings. The van der Waals surface area contributed by atoms with Crippen LogP contribution in [0.1, 0.15) is 17.4 Å². The second-order valence-electron chi connectivity index (χ2n) is 10.6. The van der Waals surface area contributed by atoms with Crippen LogP contribution >= 0.6 is 0 Å². The first-order chi connectivity index (χ1) is 20.1. The van der Waals surface area contributed by atoms with Gasteiger partial charge >= 0.3 is 0 Å². The minimum atomic E-state index is -3.21. The van der Waals surface area contributed by atoms with Gasteiger partial charge in [-0.2, -0.15) is 5.10 Å². The Kier molecular flexibility index (Phi) is 7.21. The summed E-state index contributed by atoms with van der Waals surface area (Å²) in [7, 11) is 0.449. The molecule has 0 spiro atoms. The summed E-state index contributed by atoms with van der Waals surface area (Å²) in [6, 6.07) is 21.5. The summed E-state index contributed by atoms with van der Waals surface area (Å²) >= 11 is 0. The Morgan fingerprint density at radius 3 is 2.67 bits per heavy atom. The summed E-state index contributed by atoms with van der Waals surface area (Å²) in [6.07, 6.45) is 4.52. The first kappa shape index (κ1) is 27.6. The molecule has 0 aliphatic rings. The lowest BCUT2D eigenvalue weighted by molar-refractivity contribution is 0.281. The van der Waals surface area contributed by atoms with Crippen LogP contribution in [-0.2, 0) is 16.4 Å². The molecule has 11 heteroatoms. The summed E-state index contributed by atoms with van der Waals surface area (Å²) < 4.78 is 45.6. The molecule has 0 unspecified atom stereocenters. The van der Waals surface area contributed by atoms with E-state index in [0.29, 0.717) is 23.9 Å². The average molecular weight is 585 g/mol. The molecule has 3 aromatic heterocycles. The molecule has 0 aliphatic heterocycles. The lowest BCUT2D eigenvalue weighted by Gasteiger charge is -2.21. The number of fused-ring (bicyclic) bond motifs is 2. The number of rotatable bonds is 9. The smallest absolute Gasteiger partial charge is 0.149 e. The molecule has 1 atom stereocenters. The van der Waals surface area contributed by atoms with E-state index >= 15 is 0 Å². The molecule has 9 nitrogen and oxygen atoms in total. The Hall–Kier alpha value is -4.61. The van der Waals surface area contributed by atoms with E-state index in [2.05, 4.69) is 20.4 Å². The molecular weight excluding hydrogens is 555 g/mol. The maximum Gasteiger partial charge on any atom is 0.149 e. The van der Waals surface area contributed by atoms with Crippen molar-refractivity contribution >= 4 is 43.1 Å². The second-order valence-corrected chi connectivity index (χ2v) is 12.7. The van der Waals surface area contributed by atoms with E-state index in [0.717, 1.165) is 38.6 Å². The molecule has 0 aliphatic carbocycles. The third-order valence-electron chi connectivity index (χ3n) is 7.08. The van der Waals surface area contributed by atoms with Crippen LogP contribution < -0.4 is 5.32 Å². The van der Waals surface area contributed by atoms with Gasteiger partial charge in [0, 0.05) is 28.3 Å². The van der Waals surface area contributed by atoms with Gasteiger partial charge in [0.05, 0.1) is 35.6 Å². The van der Waals surface area contributed by atoms with Crippen molar-refractivity contribution in [3.8, 4) is 11.3 Å². The molecule has 0 fully saturated rings. The molecular formula is C31H29FN6O3S. The highest BCUT2D eigenvalue weighted by Crippen LogP contribution is 2.32. The van der Waals surface area contributed by atoms with Gasteiger partial charge < -0.3 is 9.73 Å². The van der Waals surface area contributed by atoms with E-state index in [9.17, 15) is 12.8 Å². The van der Waals surface area contributed by atoms with Gasteiger partial charge in [-0.3, -0.25) is 9.58 Å². The van der Waals surface area contributed by atoms with Crippen LogP contribution in [0.3, 0.4) is 0 Å². The van der Waals surface area contributed by atoms with Crippen LogP contribution in [0.2, 0.25) is 0 Å². The van der Waals surface area contributed by atoms with Gasteiger partial charge in [0.1, 0.15) is 39.3 Å². The fraction of sp³-hybridized carbons (Fsp3) is 0.194. The number of aromatic nitrogens is 4. The van der Waals surface area contributed by atoms with Crippen molar-refractivity contribution in [3.63, 3.8) is 0 Å².